The van der Waals surface area contributed by atoms with Gasteiger partial charge in [0.15, 0.2) is 5.16 Å². The summed E-state index contributed by atoms with van der Waals surface area (Å²) in [4.78, 5) is 29.4. The highest BCUT2D eigenvalue weighted by atomic mass is 32.2. The molecule has 0 unspecified atom stereocenters. The number of ether oxygens (including phenoxy) is 1. The van der Waals surface area contributed by atoms with Crippen LogP contribution in [0.1, 0.15) is 28.4 Å². The Hall–Kier alpha value is -3.15. The van der Waals surface area contributed by atoms with Crippen LogP contribution in [0.2, 0.25) is 0 Å². The second kappa shape index (κ2) is 8.90. The van der Waals surface area contributed by atoms with Crippen LogP contribution in [-0.2, 0) is 17.0 Å². The lowest BCUT2D eigenvalue weighted by molar-refractivity contribution is 0.0601. The van der Waals surface area contributed by atoms with Crippen molar-refractivity contribution in [3.8, 4) is 6.07 Å². The molecule has 29 heavy (non-hydrogen) atoms. The summed E-state index contributed by atoms with van der Waals surface area (Å²) in [7, 11) is 1.29. The van der Waals surface area contributed by atoms with Crippen LogP contribution in [0.25, 0.3) is 10.9 Å². The van der Waals surface area contributed by atoms with Crippen LogP contribution in [-0.4, -0.2) is 33.8 Å². The highest BCUT2D eigenvalue weighted by Crippen LogP contribution is 2.23. The molecule has 0 saturated heterocycles. The zero-order valence-electron chi connectivity index (χ0n) is 16.0. The smallest absolute Gasteiger partial charge is 0.337 e. The van der Waals surface area contributed by atoms with Crippen LogP contribution in [0.15, 0.2) is 52.4 Å². The van der Waals surface area contributed by atoms with Crippen LogP contribution in [0.4, 0.5) is 0 Å². The first-order valence-corrected chi connectivity index (χ1v) is 9.84. The molecule has 0 amide bonds. The van der Waals surface area contributed by atoms with E-state index in [0.29, 0.717) is 32.9 Å². The summed E-state index contributed by atoms with van der Waals surface area (Å²) in [5, 5.41) is 19.5. The second-order valence-electron chi connectivity index (χ2n) is 6.48. The monoisotopic (exact) mass is 409 g/mol. The molecule has 0 aliphatic heterocycles. The van der Waals surface area contributed by atoms with E-state index in [2.05, 4.69) is 11.1 Å². The Morgan fingerprint density at radius 2 is 2.03 bits per heavy atom. The van der Waals surface area contributed by atoms with Gasteiger partial charge in [0.2, 0.25) is 0 Å². The lowest BCUT2D eigenvalue weighted by Crippen LogP contribution is -2.28. The molecule has 3 rings (SSSR count). The summed E-state index contributed by atoms with van der Waals surface area (Å²) in [6.45, 7) is 1.71. The van der Waals surface area contributed by atoms with Crippen molar-refractivity contribution in [1.82, 2.24) is 9.55 Å². The summed E-state index contributed by atoms with van der Waals surface area (Å²) < 4.78 is 6.18. The van der Waals surface area contributed by atoms with Gasteiger partial charge in [-0.25, -0.2) is 9.78 Å². The standard InChI is InChI=1S/C21H19N3O4S/c1-13(25)11-24-19(26)17-8-7-16(20(27)28-2)9-18(17)23-21(24)29-12-15-5-3-14(10-22)4-6-15/h3-9,13,25H,11-12H2,1-2H3/t13-/m1/s1. The first-order valence-electron chi connectivity index (χ1n) is 8.85. The molecule has 148 valence electrons. The van der Waals surface area contributed by atoms with Crippen molar-refractivity contribution in [2.75, 3.05) is 7.11 Å². The van der Waals surface area contributed by atoms with Crippen molar-refractivity contribution < 1.29 is 14.6 Å². The third-order valence-corrected chi connectivity index (χ3v) is 5.29. The van der Waals surface area contributed by atoms with Crippen LogP contribution in [0.3, 0.4) is 0 Å². The molecule has 0 fully saturated rings. The number of hydrogen-bond donors (Lipinski definition) is 1. The number of nitriles is 1. The van der Waals surface area contributed by atoms with E-state index in [0.717, 1.165) is 5.56 Å². The van der Waals surface area contributed by atoms with E-state index in [-0.39, 0.29) is 12.1 Å². The van der Waals surface area contributed by atoms with Gasteiger partial charge >= 0.3 is 5.97 Å². The number of aliphatic hydroxyl groups is 1. The zero-order valence-corrected chi connectivity index (χ0v) is 16.8. The third-order valence-electron chi connectivity index (χ3n) is 4.24. The van der Waals surface area contributed by atoms with Crippen molar-refractivity contribution in [2.45, 2.75) is 30.5 Å². The predicted octanol–water partition coefficient (Wildman–Crippen LogP) is 2.73. The number of benzene rings is 2. The molecule has 0 spiro atoms. The van der Waals surface area contributed by atoms with Gasteiger partial charge in [0.05, 0.1) is 47.9 Å². The number of esters is 1. The molecule has 1 aromatic heterocycles. The number of carbonyl (C=O) groups is 1. The van der Waals surface area contributed by atoms with Crippen LogP contribution < -0.4 is 5.56 Å². The second-order valence-corrected chi connectivity index (χ2v) is 7.42. The molecule has 0 bridgehead atoms. The predicted molar refractivity (Wildman–Crippen MR) is 110 cm³/mol. The molecule has 0 radical (unpaired) electrons. The molecule has 7 nitrogen and oxygen atoms in total. The summed E-state index contributed by atoms with van der Waals surface area (Å²) >= 11 is 1.35. The third kappa shape index (κ3) is 4.65. The van der Waals surface area contributed by atoms with Crippen LogP contribution >= 0.6 is 11.8 Å². The van der Waals surface area contributed by atoms with Gasteiger partial charge in [-0.05, 0) is 42.8 Å². The topological polar surface area (TPSA) is 105 Å². The van der Waals surface area contributed by atoms with Crippen molar-refractivity contribution in [1.29, 1.82) is 5.26 Å². The molecule has 8 heteroatoms. The van der Waals surface area contributed by atoms with Gasteiger partial charge in [-0.15, -0.1) is 0 Å². The molecule has 0 aliphatic rings. The summed E-state index contributed by atoms with van der Waals surface area (Å²) in [6.07, 6.45) is -0.726. The maximum Gasteiger partial charge on any atom is 0.337 e. The minimum atomic E-state index is -0.726. The summed E-state index contributed by atoms with van der Waals surface area (Å²) in [5.74, 6) is 0.0220. The molecule has 3 aromatic rings. The zero-order chi connectivity index (χ0) is 21.0. The van der Waals surface area contributed by atoms with E-state index in [1.54, 1.807) is 25.1 Å². The molecular formula is C21H19N3O4S. The number of aliphatic hydroxyl groups excluding tert-OH is 1. The van der Waals surface area contributed by atoms with E-state index in [4.69, 9.17) is 10.00 Å². The molecule has 2 aromatic carbocycles. The lowest BCUT2D eigenvalue weighted by Gasteiger charge is -2.15. The number of aromatic nitrogens is 2. The van der Waals surface area contributed by atoms with Crippen molar-refractivity contribution in [3.63, 3.8) is 0 Å². The van der Waals surface area contributed by atoms with Crippen molar-refractivity contribution in [2.24, 2.45) is 0 Å². The van der Waals surface area contributed by atoms with E-state index in [9.17, 15) is 14.7 Å². The Balaban J connectivity index is 2.02. The average Bonchev–Trinajstić information content (AvgIpc) is 2.73. The fourth-order valence-corrected chi connectivity index (χ4v) is 3.77. The Bertz CT molecular complexity index is 1150. The molecule has 1 atom stereocenters. The number of thioether (sulfide) groups is 1. The number of hydrogen-bond acceptors (Lipinski definition) is 7. The first kappa shape index (κ1) is 20.6. The fourth-order valence-electron chi connectivity index (χ4n) is 2.80. The van der Waals surface area contributed by atoms with Crippen molar-refractivity contribution >= 4 is 28.6 Å². The summed E-state index contributed by atoms with van der Waals surface area (Å²) in [6, 6.07) is 13.8. The van der Waals surface area contributed by atoms with Crippen molar-refractivity contribution in [3.05, 3.63) is 69.5 Å². The van der Waals surface area contributed by atoms with Crippen LogP contribution in [0.5, 0.6) is 0 Å². The van der Waals surface area contributed by atoms with Gasteiger partial charge in [-0.1, -0.05) is 23.9 Å². The molecule has 0 saturated carbocycles. The van der Waals surface area contributed by atoms with Gasteiger partial charge in [0, 0.05) is 5.75 Å². The SMILES string of the molecule is COC(=O)c1ccc2c(=O)n(C[C@@H](C)O)c(SCc3ccc(C#N)cc3)nc2c1. The number of methoxy groups -OCH3 is 1. The molecular weight excluding hydrogens is 390 g/mol. The van der Waals surface area contributed by atoms with Gasteiger partial charge < -0.3 is 9.84 Å². The van der Waals surface area contributed by atoms with Gasteiger partial charge in [0.1, 0.15) is 0 Å². The highest BCUT2D eigenvalue weighted by Gasteiger charge is 2.15. The van der Waals surface area contributed by atoms with E-state index < -0.39 is 12.1 Å². The van der Waals surface area contributed by atoms with E-state index >= 15 is 0 Å². The number of carbonyl (C=O) groups excluding carboxylic acids is 1. The minimum absolute atomic E-state index is 0.107. The Labute approximate surface area is 171 Å². The number of fused-ring (bicyclic) bond motifs is 1. The average molecular weight is 409 g/mol. The highest BCUT2D eigenvalue weighted by molar-refractivity contribution is 7.98. The number of nitrogens with zero attached hydrogens (tertiary/aromatic N) is 3. The maximum absolute atomic E-state index is 13.0. The molecule has 0 aliphatic carbocycles. The quantitative estimate of drug-likeness (QED) is 0.379. The molecule has 1 N–H and O–H groups in total. The fraction of sp³-hybridized carbons (Fsp3) is 0.238. The van der Waals surface area contributed by atoms with E-state index in [1.165, 1.54) is 35.6 Å². The number of rotatable bonds is 6. The van der Waals surface area contributed by atoms with Crippen LogP contribution in [0, 0.1) is 11.3 Å². The van der Waals surface area contributed by atoms with E-state index in [1.807, 2.05) is 12.1 Å². The largest absolute Gasteiger partial charge is 0.465 e. The lowest BCUT2D eigenvalue weighted by atomic mass is 10.1. The van der Waals surface area contributed by atoms with Gasteiger partial charge in [-0.2, -0.15) is 5.26 Å². The van der Waals surface area contributed by atoms with Gasteiger partial charge in [0.25, 0.3) is 5.56 Å². The minimum Gasteiger partial charge on any atom is -0.465 e. The first-order chi connectivity index (χ1) is 13.9. The molecule has 1 heterocycles. The maximum atomic E-state index is 13.0. The van der Waals surface area contributed by atoms with Gasteiger partial charge in [-0.3, -0.25) is 9.36 Å². The summed E-state index contributed by atoms with van der Waals surface area (Å²) in [5.41, 5.74) is 1.96. The normalized spacial score (nSPS) is 11.8. The Kier molecular flexibility index (Phi) is 6.32. The Morgan fingerprint density at radius 3 is 2.66 bits per heavy atom. The Morgan fingerprint density at radius 1 is 1.31 bits per heavy atom.